The van der Waals surface area contributed by atoms with Crippen molar-refractivity contribution in [1.82, 2.24) is 9.88 Å². The zero-order chi connectivity index (χ0) is 20.8. The number of benzene rings is 2. The summed E-state index contributed by atoms with van der Waals surface area (Å²) in [5, 5.41) is 5.21. The summed E-state index contributed by atoms with van der Waals surface area (Å²) < 4.78 is 5.54. The van der Waals surface area contributed by atoms with E-state index in [-0.39, 0.29) is 18.4 Å². The summed E-state index contributed by atoms with van der Waals surface area (Å²) in [5.74, 6) is -0.168. The zero-order valence-electron chi connectivity index (χ0n) is 16.3. The van der Waals surface area contributed by atoms with Gasteiger partial charge in [-0.25, -0.2) is 4.98 Å². The number of hydrogen-bond acceptors (Lipinski definition) is 6. The number of nitrogens with zero attached hydrogens (tertiary/aromatic N) is 2. The Bertz CT molecular complexity index is 1000. The summed E-state index contributed by atoms with van der Waals surface area (Å²) >= 11 is 3.04. The molecule has 1 heterocycles. The number of anilines is 1. The standard InChI is InChI=1S/C21H21N3O3S2/c1-24(2)19(25)12-27-18-7-5-4-6-16(18)20(26)23-21-22-17(13-29-21)14-8-10-15(28-3)11-9-14/h4-11,13H,12H2,1-3H3,(H,22,23,26). The molecule has 6 nitrogen and oxygen atoms in total. The third kappa shape index (κ3) is 5.36. The maximum atomic E-state index is 12.7. The maximum absolute atomic E-state index is 12.7. The van der Waals surface area contributed by atoms with Crippen LogP contribution in [0.1, 0.15) is 10.4 Å². The summed E-state index contributed by atoms with van der Waals surface area (Å²) in [6.07, 6.45) is 2.03. The molecule has 0 atom stereocenters. The maximum Gasteiger partial charge on any atom is 0.261 e. The summed E-state index contributed by atoms with van der Waals surface area (Å²) in [4.78, 5) is 31.6. The van der Waals surface area contributed by atoms with Crippen LogP contribution in [0.25, 0.3) is 11.3 Å². The van der Waals surface area contributed by atoms with Crippen molar-refractivity contribution in [2.24, 2.45) is 0 Å². The van der Waals surface area contributed by atoms with Crippen molar-refractivity contribution < 1.29 is 14.3 Å². The van der Waals surface area contributed by atoms with Crippen LogP contribution in [-0.2, 0) is 4.79 Å². The molecule has 0 radical (unpaired) electrons. The molecular formula is C21H21N3O3S2. The Balaban J connectivity index is 1.71. The van der Waals surface area contributed by atoms with Crippen molar-refractivity contribution in [1.29, 1.82) is 0 Å². The van der Waals surface area contributed by atoms with Crippen molar-refractivity contribution in [2.45, 2.75) is 4.90 Å². The number of carbonyl (C=O) groups excluding carboxylic acids is 2. The first kappa shape index (κ1) is 20.9. The summed E-state index contributed by atoms with van der Waals surface area (Å²) in [6.45, 7) is -0.134. The highest BCUT2D eigenvalue weighted by Crippen LogP contribution is 2.27. The average molecular weight is 428 g/mol. The van der Waals surface area contributed by atoms with Gasteiger partial charge in [0.25, 0.3) is 11.8 Å². The lowest BCUT2D eigenvalue weighted by Crippen LogP contribution is -2.28. The van der Waals surface area contributed by atoms with Crippen LogP contribution in [0.15, 0.2) is 58.8 Å². The number of para-hydroxylation sites is 1. The minimum Gasteiger partial charge on any atom is -0.483 e. The van der Waals surface area contributed by atoms with E-state index in [2.05, 4.69) is 10.3 Å². The average Bonchev–Trinajstić information content (AvgIpc) is 3.20. The molecule has 0 unspecified atom stereocenters. The number of nitrogens with one attached hydrogen (secondary N) is 1. The first-order valence-corrected chi connectivity index (χ1v) is 10.9. The number of amides is 2. The molecule has 1 N–H and O–H groups in total. The molecule has 0 saturated carbocycles. The third-order valence-corrected chi connectivity index (χ3v) is 5.59. The molecule has 0 aliphatic heterocycles. The van der Waals surface area contributed by atoms with Gasteiger partial charge in [-0.15, -0.1) is 23.1 Å². The Morgan fingerprint density at radius 1 is 1.14 bits per heavy atom. The molecule has 2 aromatic carbocycles. The van der Waals surface area contributed by atoms with E-state index in [1.807, 2.05) is 35.9 Å². The van der Waals surface area contributed by atoms with Gasteiger partial charge in [-0.2, -0.15) is 0 Å². The van der Waals surface area contributed by atoms with E-state index in [9.17, 15) is 9.59 Å². The molecule has 3 rings (SSSR count). The van der Waals surface area contributed by atoms with E-state index in [1.165, 1.54) is 21.1 Å². The van der Waals surface area contributed by atoms with Gasteiger partial charge in [0.1, 0.15) is 5.75 Å². The minimum absolute atomic E-state index is 0.134. The van der Waals surface area contributed by atoms with Gasteiger partial charge in [0.05, 0.1) is 11.3 Å². The number of rotatable bonds is 7. The van der Waals surface area contributed by atoms with Crippen LogP contribution < -0.4 is 10.1 Å². The first-order chi connectivity index (χ1) is 14.0. The molecule has 0 saturated heterocycles. The third-order valence-electron chi connectivity index (χ3n) is 4.09. The number of likely N-dealkylation sites (N-methyl/N-ethyl adjacent to an activating group) is 1. The van der Waals surface area contributed by atoms with Crippen LogP contribution in [-0.4, -0.2) is 48.7 Å². The second kappa shape index (κ2) is 9.58. The lowest BCUT2D eigenvalue weighted by atomic mass is 10.2. The van der Waals surface area contributed by atoms with Crippen molar-refractivity contribution >= 4 is 40.0 Å². The Hall–Kier alpha value is -2.84. The fraction of sp³-hybridized carbons (Fsp3) is 0.190. The van der Waals surface area contributed by atoms with Gasteiger partial charge >= 0.3 is 0 Å². The Kier molecular flexibility index (Phi) is 6.90. The molecule has 2 amide bonds. The molecule has 29 heavy (non-hydrogen) atoms. The minimum atomic E-state index is -0.337. The van der Waals surface area contributed by atoms with Crippen LogP contribution >= 0.6 is 23.1 Å². The highest BCUT2D eigenvalue weighted by molar-refractivity contribution is 7.98. The normalized spacial score (nSPS) is 10.4. The van der Waals surface area contributed by atoms with Crippen LogP contribution in [0.5, 0.6) is 5.75 Å². The number of hydrogen-bond donors (Lipinski definition) is 1. The van der Waals surface area contributed by atoms with Crippen molar-refractivity contribution in [3.8, 4) is 17.0 Å². The molecule has 1 aromatic heterocycles. The summed E-state index contributed by atoms with van der Waals surface area (Å²) in [5.41, 5.74) is 2.14. The van der Waals surface area contributed by atoms with Crippen LogP contribution in [0, 0.1) is 0 Å². The van der Waals surface area contributed by atoms with Gasteiger partial charge in [-0.3, -0.25) is 14.9 Å². The predicted octanol–water partition coefficient (Wildman–Crippen LogP) is 4.25. The molecular weight excluding hydrogens is 406 g/mol. The fourth-order valence-electron chi connectivity index (χ4n) is 2.44. The van der Waals surface area contributed by atoms with Crippen molar-refractivity contribution in [2.75, 3.05) is 32.3 Å². The van der Waals surface area contributed by atoms with Crippen LogP contribution in [0.2, 0.25) is 0 Å². The number of aromatic nitrogens is 1. The van der Waals surface area contributed by atoms with Crippen LogP contribution in [0.4, 0.5) is 5.13 Å². The second-order valence-corrected chi connectivity index (χ2v) is 8.03. The van der Waals surface area contributed by atoms with Gasteiger partial charge in [-0.1, -0.05) is 24.3 Å². The van der Waals surface area contributed by atoms with Crippen molar-refractivity contribution in [3.63, 3.8) is 0 Å². The molecule has 0 aliphatic carbocycles. The van der Waals surface area contributed by atoms with E-state index in [0.717, 1.165) is 11.3 Å². The van der Waals surface area contributed by atoms with Gasteiger partial charge in [-0.05, 0) is 30.5 Å². The van der Waals surface area contributed by atoms with E-state index in [4.69, 9.17) is 4.74 Å². The summed E-state index contributed by atoms with van der Waals surface area (Å²) in [7, 11) is 3.30. The molecule has 150 valence electrons. The second-order valence-electron chi connectivity index (χ2n) is 6.29. The molecule has 0 aliphatic rings. The fourth-order valence-corrected chi connectivity index (χ4v) is 3.56. The highest BCUT2D eigenvalue weighted by Gasteiger charge is 2.16. The highest BCUT2D eigenvalue weighted by atomic mass is 32.2. The Morgan fingerprint density at radius 3 is 2.55 bits per heavy atom. The van der Waals surface area contributed by atoms with Gasteiger partial charge in [0, 0.05) is 29.9 Å². The molecule has 3 aromatic rings. The van der Waals surface area contributed by atoms with Crippen LogP contribution in [0.3, 0.4) is 0 Å². The van der Waals surface area contributed by atoms with Gasteiger partial charge in [0.2, 0.25) is 0 Å². The predicted molar refractivity (Wildman–Crippen MR) is 118 cm³/mol. The molecule has 0 spiro atoms. The van der Waals surface area contributed by atoms with Gasteiger partial charge < -0.3 is 9.64 Å². The lowest BCUT2D eigenvalue weighted by Gasteiger charge is -2.13. The SMILES string of the molecule is CSc1ccc(-c2csc(NC(=O)c3ccccc3OCC(=O)N(C)C)n2)cc1. The van der Waals surface area contributed by atoms with Gasteiger partial charge in [0.15, 0.2) is 11.7 Å². The topological polar surface area (TPSA) is 71.5 Å². The monoisotopic (exact) mass is 427 g/mol. The largest absolute Gasteiger partial charge is 0.483 e. The van der Waals surface area contributed by atoms with E-state index >= 15 is 0 Å². The first-order valence-electron chi connectivity index (χ1n) is 8.81. The Morgan fingerprint density at radius 2 is 1.86 bits per heavy atom. The summed E-state index contributed by atoms with van der Waals surface area (Å²) in [6, 6.07) is 14.9. The smallest absolute Gasteiger partial charge is 0.261 e. The molecule has 0 fully saturated rings. The quantitative estimate of drug-likeness (QED) is 0.571. The van der Waals surface area contributed by atoms with E-state index in [0.29, 0.717) is 16.4 Å². The van der Waals surface area contributed by atoms with E-state index in [1.54, 1.807) is 50.1 Å². The number of ether oxygens (including phenoxy) is 1. The number of carbonyl (C=O) groups is 2. The Labute approximate surface area is 177 Å². The molecule has 8 heteroatoms. The lowest BCUT2D eigenvalue weighted by molar-refractivity contribution is -0.130. The number of thiazole rings is 1. The number of thioether (sulfide) groups is 1. The molecule has 0 bridgehead atoms. The van der Waals surface area contributed by atoms with Crippen molar-refractivity contribution in [3.05, 3.63) is 59.5 Å². The van der Waals surface area contributed by atoms with E-state index < -0.39 is 0 Å². The zero-order valence-corrected chi connectivity index (χ0v) is 18.0.